The van der Waals surface area contributed by atoms with Crippen molar-refractivity contribution in [3.63, 3.8) is 0 Å². The quantitative estimate of drug-likeness (QED) is 0.774. The first-order valence-electron chi connectivity index (χ1n) is 5.23. The second-order valence-electron chi connectivity index (χ2n) is 3.95. The van der Waals surface area contributed by atoms with Crippen LogP contribution in [0.15, 0.2) is 17.5 Å². The van der Waals surface area contributed by atoms with E-state index >= 15 is 0 Å². The highest BCUT2D eigenvalue weighted by Gasteiger charge is 2.57. The molecular formula is C11H13Cl2NOS. The molecule has 88 valence electrons. The predicted molar refractivity (Wildman–Crippen MR) is 68.0 cm³/mol. The monoisotopic (exact) mass is 277 g/mol. The van der Waals surface area contributed by atoms with Gasteiger partial charge in [0.05, 0.1) is 12.5 Å². The van der Waals surface area contributed by atoms with Crippen LogP contribution in [-0.4, -0.2) is 21.7 Å². The van der Waals surface area contributed by atoms with Gasteiger partial charge in [0.2, 0.25) is 5.91 Å². The molecule has 1 aliphatic rings. The van der Waals surface area contributed by atoms with Gasteiger partial charge < -0.3 is 4.90 Å². The van der Waals surface area contributed by atoms with E-state index in [1.54, 1.807) is 11.3 Å². The first-order chi connectivity index (χ1) is 7.54. The Balaban J connectivity index is 1.98. The summed E-state index contributed by atoms with van der Waals surface area (Å²) < 4.78 is -0.819. The third-order valence-electron chi connectivity index (χ3n) is 2.74. The number of amides is 1. The Morgan fingerprint density at radius 1 is 1.69 bits per heavy atom. The molecule has 1 aliphatic carbocycles. The molecule has 1 aromatic rings. The Kier molecular flexibility index (Phi) is 3.48. The summed E-state index contributed by atoms with van der Waals surface area (Å²) in [5.41, 5.74) is 0. The van der Waals surface area contributed by atoms with Crippen molar-refractivity contribution in [2.75, 3.05) is 6.54 Å². The third kappa shape index (κ3) is 2.53. The van der Waals surface area contributed by atoms with Crippen LogP contribution in [0.5, 0.6) is 0 Å². The molecule has 2 nitrogen and oxygen atoms in total. The molecule has 1 fully saturated rings. The Morgan fingerprint density at radius 3 is 2.81 bits per heavy atom. The zero-order valence-corrected chi connectivity index (χ0v) is 11.3. The molecule has 0 aliphatic heterocycles. The van der Waals surface area contributed by atoms with E-state index in [1.165, 1.54) is 4.88 Å². The molecule has 1 amide bonds. The predicted octanol–water partition coefficient (Wildman–Crippen LogP) is 3.29. The maximum atomic E-state index is 12.0. The van der Waals surface area contributed by atoms with Gasteiger partial charge in [-0.25, -0.2) is 0 Å². The molecule has 1 heterocycles. The fourth-order valence-electron chi connectivity index (χ4n) is 1.64. The van der Waals surface area contributed by atoms with Gasteiger partial charge in [-0.3, -0.25) is 4.79 Å². The van der Waals surface area contributed by atoms with E-state index in [9.17, 15) is 4.79 Å². The molecule has 2 rings (SSSR count). The molecule has 0 radical (unpaired) electrons. The van der Waals surface area contributed by atoms with Crippen molar-refractivity contribution < 1.29 is 4.79 Å². The lowest BCUT2D eigenvalue weighted by atomic mass is 10.3. The van der Waals surface area contributed by atoms with Gasteiger partial charge in [-0.2, -0.15) is 0 Å². The van der Waals surface area contributed by atoms with Gasteiger partial charge in [-0.05, 0) is 24.8 Å². The molecule has 0 aromatic carbocycles. The summed E-state index contributed by atoms with van der Waals surface area (Å²) in [7, 11) is 0. The van der Waals surface area contributed by atoms with Crippen molar-refractivity contribution in [2.24, 2.45) is 5.92 Å². The number of rotatable bonds is 4. The summed E-state index contributed by atoms with van der Waals surface area (Å²) >= 11 is 13.5. The molecule has 1 aromatic heterocycles. The normalized spacial score (nSPS) is 21.8. The Hall–Kier alpha value is -0.250. The molecule has 0 saturated heterocycles. The maximum Gasteiger partial charge on any atom is 0.229 e. The molecule has 1 atom stereocenters. The van der Waals surface area contributed by atoms with Crippen molar-refractivity contribution >= 4 is 40.4 Å². The standard InChI is InChI=1S/C11H13Cl2NOS/c1-2-14(7-8-4-3-5-16-8)10(15)9-6-11(9,12)13/h3-5,9H,2,6-7H2,1H3. The summed E-state index contributed by atoms with van der Waals surface area (Å²) in [6.45, 7) is 3.32. The summed E-state index contributed by atoms with van der Waals surface area (Å²) in [5.74, 6) is -0.142. The van der Waals surface area contributed by atoms with Crippen LogP contribution < -0.4 is 0 Å². The van der Waals surface area contributed by atoms with Crippen molar-refractivity contribution in [3.05, 3.63) is 22.4 Å². The van der Waals surface area contributed by atoms with Crippen molar-refractivity contribution in [3.8, 4) is 0 Å². The molecule has 0 N–H and O–H groups in total. The van der Waals surface area contributed by atoms with Crippen LogP contribution >= 0.6 is 34.5 Å². The highest BCUT2D eigenvalue weighted by molar-refractivity contribution is 7.09. The Morgan fingerprint density at radius 2 is 2.38 bits per heavy atom. The zero-order chi connectivity index (χ0) is 11.8. The van der Waals surface area contributed by atoms with Crippen LogP contribution in [0.2, 0.25) is 0 Å². The van der Waals surface area contributed by atoms with E-state index in [0.29, 0.717) is 19.5 Å². The van der Waals surface area contributed by atoms with Gasteiger partial charge in [0.25, 0.3) is 0 Å². The maximum absolute atomic E-state index is 12.0. The van der Waals surface area contributed by atoms with Gasteiger partial charge in [-0.1, -0.05) is 6.07 Å². The van der Waals surface area contributed by atoms with Crippen LogP contribution in [0.4, 0.5) is 0 Å². The number of halogens is 2. The minimum atomic E-state index is -0.819. The summed E-state index contributed by atoms with van der Waals surface area (Å²) in [6.07, 6.45) is 0.579. The van der Waals surface area contributed by atoms with E-state index in [2.05, 4.69) is 0 Å². The van der Waals surface area contributed by atoms with Crippen LogP contribution in [-0.2, 0) is 11.3 Å². The highest BCUT2D eigenvalue weighted by atomic mass is 35.5. The first-order valence-corrected chi connectivity index (χ1v) is 6.87. The lowest BCUT2D eigenvalue weighted by Crippen LogP contribution is -2.32. The summed E-state index contributed by atoms with van der Waals surface area (Å²) in [6, 6.07) is 4.02. The van der Waals surface area contributed by atoms with Crippen LogP contribution in [0.1, 0.15) is 18.2 Å². The van der Waals surface area contributed by atoms with Crippen molar-refractivity contribution in [2.45, 2.75) is 24.2 Å². The van der Waals surface area contributed by atoms with E-state index in [0.717, 1.165) is 0 Å². The first kappa shape index (κ1) is 12.2. The number of carbonyl (C=O) groups is 1. The second-order valence-corrected chi connectivity index (χ2v) is 6.52. The summed E-state index contributed by atoms with van der Waals surface area (Å²) in [4.78, 5) is 15.0. The number of hydrogen-bond donors (Lipinski definition) is 0. The molecule has 16 heavy (non-hydrogen) atoms. The van der Waals surface area contributed by atoms with Crippen LogP contribution in [0.3, 0.4) is 0 Å². The zero-order valence-electron chi connectivity index (χ0n) is 8.95. The van der Waals surface area contributed by atoms with Crippen LogP contribution in [0, 0.1) is 5.92 Å². The lowest BCUT2D eigenvalue weighted by Gasteiger charge is -2.20. The third-order valence-corrected chi connectivity index (χ3v) is 4.44. The van der Waals surface area contributed by atoms with Gasteiger partial charge in [0.15, 0.2) is 0 Å². The average molecular weight is 278 g/mol. The number of carbonyl (C=O) groups excluding carboxylic acids is 1. The minimum Gasteiger partial charge on any atom is -0.337 e. The Bertz CT molecular complexity index is 377. The molecule has 0 spiro atoms. The molecular weight excluding hydrogens is 265 g/mol. The van der Waals surface area contributed by atoms with E-state index in [1.807, 2.05) is 29.3 Å². The number of thiophene rings is 1. The highest BCUT2D eigenvalue weighted by Crippen LogP contribution is 2.54. The largest absolute Gasteiger partial charge is 0.337 e. The van der Waals surface area contributed by atoms with Gasteiger partial charge in [0.1, 0.15) is 4.33 Å². The molecule has 0 bridgehead atoms. The number of nitrogens with zero attached hydrogens (tertiary/aromatic N) is 1. The van der Waals surface area contributed by atoms with Gasteiger partial charge >= 0.3 is 0 Å². The molecule has 1 saturated carbocycles. The number of hydrogen-bond acceptors (Lipinski definition) is 2. The van der Waals surface area contributed by atoms with E-state index in [4.69, 9.17) is 23.2 Å². The SMILES string of the molecule is CCN(Cc1cccs1)C(=O)C1CC1(Cl)Cl. The fourth-order valence-corrected chi connectivity index (χ4v) is 2.85. The van der Waals surface area contributed by atoms with Crippen LogP contribution in [0.25, 0.3) is 0 Å². The lowest BCUT2D eigenvalue weighted by molar-refractivity contribution is -0.132. The van der Waals surface area contributed by atoms with E-state index in [-0.39, 0.29) is 11.8 Å². The van der Waals surface area contributed by atoms with Crippen molar-refractivity contribution in [1.29, 1.82) is 0 Å². The van der Waals surface area contributed by atoms with E-state index < -0.39 is 4.33 Å². The van der Waals surface area contributed by atoms with Crippen molar-refractivity contribution in [1.82, 2.24) is 4.90 Å². The second kappa shape index (κ2) is 4.55. The molecule has 5 heteroatoms. The smallest absolute Gasteiger partial charge is 0.229 e. The molecule has 1 unspecified atom stereocenters. The fraction of sp³-hybridized carbons (Fsp3) is 0.545. The average Bonchev–Trinajstić information content (AvgIpc) is 2.68. The summed E-state index contributed by atoms with van der Waals surface area (Å²) in [5, 5.41) is 2.01. The van der Waals surface area contributed by atoms with Gasteiger partial charge in [0, 0.05) is 11.4 Å². The minimum absolute atomic E-state index is 0.0703. The number of alkyl halides is 2. The Labute approximate surface area is 109 Å². The topological polar surface area (TPSA) is 20.3 Å². The van der Waals surface area contributed by atoms with Gasteiger partial charge in [-0.15, -0.1) is 34.5 Å².